The van der Waals surface area contributed by atoms with Crippen LogP contribution < -0.4 is 14.4 Å². The minimum absolute atomic E-state index is 0.133. The van der Waals surface area contributed by atoms with E-state index >= 15 is 0 Å². The molecule has 2 unspecified atom stereocenters. The Morgan fingerprint density at radius 1 is 0.968 bits per heavy atom. The van der Waals surface area contributed by atoms with E-state index in [0.717, 1.165) is 42.0 Å². The molecule has 0 N–H and O–H groups in total. The van der Waals surface area contributed by atoms with Gasteiger partial charge in [-0.25, -0.2) is 4.98 Å². The smallest absolute Gasteiger partial charge is 0.126 e. The van der Waals surface area contributed by atoms with Crippen molar-refractivity contribution in [2.45, 2.75) is 31.9 Å². The van der Waals surface area contributed by atoms with E-state index in [0.29, 0.717) is 0 Å². The van der Waals surface area contributed by atoms with Crippen LogP contribution in [0.1, 0.15) is 19.8 Å². The normalized spacial score (nSPS) is 18.8. The lowest BCUT2D eigenvalue weighted by Gasteiger charge is -2.41. The Kier molecular flexibility index (Phi) is 5.24. The van der Waals surface area contributed by atoms with Crippen molar-refractivity contribution in [3.05, 3.63) is 79.4 Å². The molecule has 0 bridgehead atoms. The van der Waals surface area contributed by atoms with E-state index in [4.69, 9.17) is 9.47 Å². The predicted octanol–water partition coefficient (Wildman–Crippen LogP) is 5.47. The van der Waals surface area contributed by atoms with Gasteiger partial charge in [-0.05, 0) is 56.2 Å². The predicted molar refractivity (Wildman–Crippen MR) is 125 cm³/mol. The maximum absolute atomic E-state index is 6.46. The van der Waals surface area contributed by atoms with E-state index in [1.165, 1.54) is 11.1 Å². The Hall–Kier alpha value is -3.47. The summed E-state index contributed by atoms with van der Waals surface area (Å²) in [6, 6.07) is 21.2. The lowest BCUT2D eigenvalue weighted by atomic mass is 9.97. The molecule has 0 spiro atoms. The number of aromatic nitrogens is 2. The van der Waals surface area contributed by atoms with Crippen molar-refractivity contribution in [3.63, 3.8) is 0 Å². The van der Waals surface area contributed by atoms with Crippen LogP contribution in [-0.4, -0.2) is 35.4 Å². The number of piperidine rings is 1. The summed E-state index contributed by atoms with van der Waals surface area (Å²) in [6.07, 6.45) is 7.81. The zero-order valence-corrected chi connectivity index (χ0v) is 17.9. The van der Waals surface area contributed by atoms with Gasteiger partial charge in [-0.2, -0.15) is 0 Å². The first-order valence-electron chi connectivity index (χ1n) is 10.8. The highest BCUT2D eigenvalue weighted by Crippen LogP contribution is 2.37. The van der Waals surface area contributed by atoms with Gasteiger partial charge < -0.3 is 18.9 Å². The number of nitrogens with zero attached hydrogens (tertiary/aromatic N) is 3. The Labute approximate surface area is 182 Å². The molecule has 2 atom stereocenters. The first kappa shape index (κ1) is 19.5. The van der Waals surface area contributed by atoms with E-state index in [-0.39, 0.29) is 12.1 Å². The van der Waals surface area contributed by atoms with Crippen molar-refractivity contribution in [1.82, 2.24) is 9.55 Å². The zero-order valence-electron chi connectivity index (χ0n) is 17.9. The van der Waals surface area contributed by atoms with Gasteiger partial charge in [0, 0.05) is 41.1 Å². The van der Waals surface area contributed by atoms with Crippen LogP contribution in [0.2, 0.25) is 0 Å². The summed E-state index contributed by atoms with van der Waals surface area (Å²) in [4.78, 5) is 6.59. The summed E-state index contributed by atoms with van der Waals surface area (Å²) in [6.45, 7) is 3.29. The molecule has 1 aliphatic rings. The minimum Gasteiger partial charge on any atom is -0.496 e. The van der Waals surface area contributed by atoms with Crippen LogP contribution in [0.3, 0.4) is 0 Å². The minimum atomic E-state index is 0.133. The topological polar surface area (TPSA) is 39.5 Å². The van der Waals surface area contributed by atoms with E-state index in [2.05, 4.69) is 65.3 Å². The molecule has 0 saturated carbocycles. The molecule has 2 heterocycles. The van der Waals surface area contributed by atoms with Gasteiger partial charge >= 0.3 is 0 Å². The van der Waals surface area contributed by atoms with Crippen molar-refractivity contribution < 1.29 is 9.47 Å². The SMILES string of the molecule is COc1ccc(N2CCCC(Oc3ccc(-n4ccnc4)cc3)C2C)c2ccccc12. The molecule has 1 aromatic heterocycles. The number of rotatable bonds is 5. The third kappa shape index (κ3) is 3.72. The van der Waals surface area contributed by atoms with Gasteiger partial charge in [-0.15, -0.1) is 0 Å². The molecule has 5 nitrogen and oxygen atoms in total. The molecule has 5 rings (SSSR count). The van der Waals surface area contributed by atoms with Crippen LogP contribution in [0.15, 0.2) is 79.4 Å². The number of hydrogen-bond acceptors (Lipinski definition) is 4. The van der Waals surface area contributed by atoms with Crippen LogP contribution >= 0.6 is 0 Å². The van der Waals surface area contributed by atoms with Crippen LogP contribution in [0, 0.1) is 0 Å². The van der Waals surface area contributed by atoms with Gasteiger partial charge in [-0.1, -0.05) is 24.3 Å². The Morgan fingerprint density at radius 3 is 2.52 bits per heavy atom. The van der Waals surface area contributed by atoms with Crippen molar-refractivity contribution >= 4 is 16.5 Å². The lowest BCUT2D eigenvalue weighted by molar-refractivity contribution is 0.144. The van der Waals surface area contributed by atoms with Crippen LogP contribution in [-0.2, 0) is 0 Å². The molecule has 1 fully saturated rings. The fourth-order valence-electron chi connectivity index (χ4n) is 4.57. The summed E-state index contributed by atoms with van der Waals surface area (Å²) in [5.74, 6) is 1.82. The monoisotopic (exact) mass is 413 g/mol. The summed E-state index contributed by atoms with van der Waals surface area (Å²) < 4.78 is 14.0. The molecule has 4 aromatic rings. The summed E-state index contributed by atoms with van der Waals surface area (Å²) in [5, 5.41) is 2.37. The van der Waals surface area contributed by atoms with Crippen molar-refractivity contribution in [2.75, 3.05) is 18.6 Å². The standard InChI is InChI=1S/C26H27N3O2/c1-19-25(31-21-11-9-20(10-12-21)28-17-15-27-18-28)8-5-16-29(19)24-13-14-26(30-2)23-7-4-3-6-22(23)24/h3-4,6-7,9-15,17-19,25H,5,8,16H2,1-2H3. The number of methoxy groups -OCH3 is 1. The van der Waals surface area contributed by atoms with Gasteiger partial charge in [0.05, 0.1) is 19.5 Å². The third-order valence-corrected chi connectivity index (χ3v) is 6.23. The Balaban J connectivity index is 1.38. The second-order valence-electron chi connectivity index (χ2n) is 8.03. The first-order valence-corrected chi connectivity index (χ1v) is 10.8. The first-order chi connectivity index (χ1) is 15.2. The number of ether oxygens (including phenoxy) is 2. The fraction of sp³-hybridized carbons (Fsp3) is 0.269. The maximum Gasteiger partial charge on any atom is 0.126 e. The van der Waals surface area contributed by atoms with Crippen molar-refractivity contribution in [2.24, 2.45) is 0 Å². The molecule has 31 heavy (non-hydrogen) atoms. The van der Waals surface area contributed by atoms with Gasteiger partial charge in [-0.3, -0.25) is 0 Å². The molecule has 158 valence electrons. The highest BCUT2D eigenvalue weighted by Gasteiger charge is 2.30. The van der Waals surface area contributed by atoms with Crippen LogP contribution in [0.25, 0.3) is 16.5 Å². The highest BCUT2D eigenvalue weighted by atomic mass is 16.5. The highest BCUT2D eigenvalue weighted by molar-refractivity contribution is 5.98. The third-order valence-electron chi connectivity index (χ3n) is 6.23. The largest absolute Gasteiger partial charge is 0.496 e. The van der Waals surface area contributed by atoms with Gasteiger partial charge in [0.15, 0.2) is 0 Å². The van der Waals surface area contributed by atoms with Crippen molar-refractivity contribution in [1.29, 1.82) is 0 Å². The second-order valence-corrected chi connectivity index (χ2v) is 8.03. The second kappa shape index (κ2) is 8.34. The maximum atomic E-state index is 6.46. The zero-order chi connectivity index (χ0) is 21.2. The molecule has 3 aromatic carbocycles. The molecule has 5 heteroatoms. The average Bonchev–Trinajstić information content (AvgIpc) is 3.35. The molecule has 1 aliphatic heterocycles. The van der Waals surface area contributed by atoms with Gasteiger partial charge in [0.1, 0.15) is 17.6 Å². The van der Waals surface area contributed by atoms with E-state index in [9.17, 15) is 0 Å². The number of hydrogen-bond donors (Lipinski definition) is 0. The quantitative estimate of drug-likeness (QED) is 0.435. The molecular formula is C26H27N3O2. The molecule has 0 aliphatic carbocycles. The average molecular weight is 414 g/mol. The van der Waals surface area contributed by atoms with Gasteiger partial charge in [0.25, 0.3) is 0 Å². The molecular weight excluding hydrogens is 386 g/mol. The fourth-order valence-corrected chi connectivity index (χ4v) is 4.57. The summed E-state index contributed by atoms with van der Waals surface area (Å²) in [7, 11) is 1.73. The van der Waals surface area contributed by atoms with Crippen molar-refractivity contribution in [3.8, 4) is 17.2 Å². The number of anilines is 1. The number of imidazole rings is 1. The molecule has 1 saturated heterocycles. The van der Waals surface area contributed by atoms with E-state index < -0.39 is 0 Å². The van der Waals surface area contributed by atoms with E-state index in [1.807, 2.05) is 22.9 Å². The molecule has 0 radical (unpaired) electrons. The van der Waals surface area contributed by atoms with E-state index in [1.54, 1.807) is 19.6 Å². The van der Waals surface area contributed by atoms with Crippen LogP contribution in [0.4, 0.5) is 5.69 Å². The lowest BCUT2D eigenvalue weighted by Crippen LogP contribution is -2.49. The van der Waals surface area contributed by atoms with Crippen LogP contribution in [0.5, 0.6) is 11.5 Å². The van der Waals surface area contributed by atoms with Gasteiger partial charge in [0.2, 0.25) is 0 Å². The molecule has 0 amide bonds. The summed E-state index contributed by atoms with van der Waals surface area (Å²) in [5.41, 5.74) is 2.32. The number of fused-ring (bicyclic) bond motifs is 1. The Bertz CT molecular complexity index is 1160. The number of benzene rings is 3. The summed E-state index contributed by atoms with van der Waals surface area (Å²) >= 11 is 0. The Morgan fingerprint density at radius 2 is 1.77 bits per heavy atom.